The molecule has 0 bridgehead atoms. The number of hydrogen-bond donors (Lipinski definition) is 1. The van der Waals surface area contributed by atoms with E-state index in [1.165, 1.54) is 22.4 Å². The van der Waals surface area contributed by atoms with Crippen molar-refractivity contribution in [3.8, 4) is 0 Å². The lowest BCUT2D eigenvalue weighted by Crippen LogP contribution is -1.85. The summed E-state index contributed by atoms with van der Waals surface area (Å²) in [5.74, 6) is 0.638. The van der Waals surface area contributed by atoms with Crippen LogP contribution in [0.4, 0.5) is 5.69 Å². The minimum Gasteiger partial charge on any atom is -0.395 e. The van der Waals surface area contributed by atoms with Crippen molar-refractivity contribution in [3.05, 3.63) is 10.6 Å². The molecule has 3 rings (SSSR count). The Balaban J connectivity index is 2.24. The van der Waals surface area contributed by atoms with Gasteiger partial charge in [-0.3, -0.25) is 0 Å². The van der Waals surface area contributed by atoms with Crippen molar-refractivity contribution in [2.75, 3.05) is 5.73 Å². The second kappa shape index (κ2) is 2.73. The number of nitrogens with zero attached hydrogens (tertiary/aromatic N) is 1. The van der Waals surface area contributed by atoms with Crippen LogP contribution in [0.5, 0.6) is 0 Å². The minimum atomic E-state index is 0.638. The van der Waals surface area contributed by atoms with Crippen molar-refractivity contribution in [3.63, 3.8) is 0 Å². The molecule has 3 nitrogen and oxygen atoms in total. The first kappa shape index (κ1) is 8.29. The summed E-state index contributed by atoms with van der Waals surface area (Å²) >= 11 is 1.74. The van der Waals surface area contributed by atoms with E-state index in [9.17, 15) is 0 Å². The highest BCUT2D eigenvalue weighted by atomic mass is 32.1. The smallest absolute Gasteiger partial charge is 0.201 e. The fourth-order valence-electron chi connectivity index (χ4n) is 1.75. The fraction of sp³-hybridized carbons (Fsp3) is 0.500. The van der Waals surface area contributed by atoms with Crippen molar-refractivity contribution >= 4 is 27.3 Å². The van der Waals surface area contributed by atoms with E-state index in [1.807, 2.05) is 0 Å². The van der Waals surface area contributed by atoms with E-state index in [4.69, 9.17) is 10.3 Å². The van der Waals surface area contributed by atoms with E-state index < -0.39 is 0 Å². The van der Waals surface area contributed by atoms with Gasteiger partial charge in [-0.25, -0.2) is 0 Å². The van der Waals surface area contributed by atoms with Gasteiger partial charge >= 0.3 is 0 Å². The van der Waals surface area contributed by atoms with Crippen LogP contribution in [0.2, 0.25) is 0 Å². The van der Waals surface area contributed by atoms with Crippen molar-refractivity contribution < 1.29 is 4.52 Å². The Morgan fingerprint density at radius 1 is 1.57 bits per heavy atom. The van der Waals surface area contributed by atoms with Crippen LogP contribution in [0, 0.1) is 0 Å². The summed E-state index contributed by atoms with van der Waals surface area (Å²) in [5.41, 5.74) is 8.71. The Hall–Kier alpha value is -1.03. The Labute approximate surface area is 85.9 Å². The number of aryl methyl sites for hydroxylation is 1. The van der Waals surface area contributed by atoms with Gasteiger partial charge in [-0.2, -0.15) is 0 Å². The molecule has 0 unspecified atom stereocenters. The zero-order valence-corrected chi connectivity index (χ0v) is 8.86. The highest BCUT2D eigenvalue weighted by Crippen LogP contribution is 2.46. The first-order valence-corrected chi connectivity index (χ1v) is 5.79. The van der Waals surface area contributed by atoms with Crippen LogP contribution >= 0.6 is 11.3 Å². The summed E-state index contributed by atoms with van der Waals surface area (Å²) < 4.78 is 6.48. The summed E-state index contributed by atoms with van der Waals surface area (Å²) in [6.45, 7) is 2.12. The van der Waals surface area contributed by atoms with Crippen molar-refractivity contribution in [2.45, 2.75) is 32.1 Å². The second-order valence-electron chi connectivity index (χ2n) is 3.79. The van der Waals surface area contributed by atoms with Crippen LogP contribution in [0.3, 0.4) is 0 Å². The van der Waals surface area contributed by atoms with Gasteiger partial charge in [-0.05, 0) is 19.3 Å². The zero-order valence-electron chi connectivity index (χ0n) is 8.04. The largest absolute Gasteiger partial charge is 0.395 e. The van der Waals surface area contributed by atoms with Gasteiger partial charge in [0.15, 0.2) is 0 Å². The van der Waals surface area contributed by atoms with Gasteiger partial charge in [0.1, 0.15) is 10.4 Å². The van der Waals surface area contributed by atoms with Gasteiger partial charge < -0.3 is 10.3 Å². The van der Waals surface area contributed by atoms with Crippen LogP contribution in [0.1, 0.15) is 36.3 Å². The highest BCUT2D eigenvalue weighted by Gasteiger charge is 2.31. The average molecular weight is 208 g/mol. The Bertz CT molecular complexity index is 481. The summed E-state index contributed by atoms with van der Waals surface area (Å²) in [7, 11) is 0. The number of hydrogen-bond acceptors (Lipinski definition) is 4. The molecule has 74 valence electrons. The molecule has 2 N–H and O–H groups in total. The van der Waals surface area contributed by atoms with Crippen LogP contribution in [-0.2, 0) is 6.42 Å². The van der Waals surface area contributed by atoms with Gasteiger partial charge in [0, 0.05) is 10.8 Å². The maximum atomic E-state index is 5.96. The Morgan fingerprint density at radius 3 is 3.00 bits per heavy atom. The molecule has 0 aromatic carbocycles. The number of nitrogens with two attached hydrogens (primary N) is 1. The SMILES string of the molecule is CCc1sc2c(C3CC3)noc2c1N. The third-order valence-electron chi connectivity index (χ3n) is 2.73. The molecule has 1 fully saturated rings. The van der Waals surface area contributed by atoms with Crippen molar-refractivity contribution in [1.29, 1.82) is 0 Å². The Morgan fingerprint density at radius 2 is 2.36 bits per heavy atom. The normalized spacial score (nSPS) is 16.6. The maximum absolute atomic E-state index is 5.96. The quantitative estimate of drug-likeness (QED) is 0.825. The van der Waals surface area contributed by atoms with Crippen LogP contribution < -0.4 is 5.73 Å². The van der Waals surface area contributed by atoms with Gasteiger partial charge in [0.25, 0.3) is 0 Å². The molecule has 0 atom stereocenters. The number of nitrogen functional groups attached to an aromatic ring is 1. The third kappa shape index (κ3) is 1.00. The second-order valence-corrected chi connectivity index (χ2v) is 4.90. The number of aromatic nitrogens is 1. The monoisotopic (exact) mass is 208 g/mol. The van der Waals surface area contributed by atoms with E-state index in [0.29, 0.717) is 5.92 Å². The van der Waals surface area contributed by atoms with Crippen LogP contribution in [0.15, 0.2) is 4.52 Å². The zero-order chi connectivity index (χ0) is 9.71. The summed E-state index contributed by atoms with van der Waals surface area (Å²) in [4.78, 5) is 1.23. The number of thiophene rings is 1. The van der Waals surface area contributed by atoms with E-state index in [1.54, 1.807) is 11.3 Å². The molecule has 14 heavy (non-hydrogen) atoms. The lowest BCUT2D eigenvalue weighted by atomic mass is 10.2. The first-order chi connectivity index (χ1) is 6.81. The molecule has 0 aliphatic heterocycles. The van der Waals surface area contributed by atoms with E-state index in [2.05, 4.69) is 12.1 Å². The predicted molar refractivity (Wildman–Crippen MR) is 57.7 cm³/mol. The Kier molecular flexibility index (Phi) is 1.62. The molecular formula is C10H12N2OS. The standard InChI is InChI=1S/C10H12N2OS/c1-2-6-7(11)9-10(14-6)8(12-13-9)5-3-4-5/h5H,2-4,11H2,1H3. The summed E-state index contributed by atoms with van der Waals surface area (Å²) in [5, 5.41) is 4.11. The van der Waals surface area contributed by atoms with Crippen molar-refractivity contribution in [2.24, 2.45) is 0 Å². The molecule has 2 aromatic rings. The van der Waals surface area contributed by atoms with Gasteiger partial charge in [-0.1, -0.05) is 12.1 Å². The molecule has 1 saturated carbocycles. The lowest BCUT2D eigenvalue weighted by molar-refractivity contribution is 0.447. The predicted octanol–water partition coefficient (Wildman–Crippen LogP) is 2.91. The van der Waals surface area contributed by atoms with Gasteiger partial charge in [0.05, 0.1) is 5.69 Å². The van der Waals surface area contributed by atoms with Crippen molar-refractivity contribution in [1.82, 2.24) is 5.16 Å². The van der Waals surface area contributed by atoms with Gasteiger partial charge in [0.2, 0.25) is 5.58 Å². The molecule has 0 saturated heterocycles. The molecule has 4 heteroatoms. The maximum Gasteiger partial charge on any atom is 0.201 e. The number of fused-ring (bicyclic) bond motifs is 1. The average Bonchev–Trinajstić information content (AvgIpc) is 2.86. The molecule has 2 heterocycles. The van der Waals surface area contributed by atoms with Gasteiger partial charge in [-0.15, -0.1) is 11.3 Å². The van der Waals surface area contributed by atoms with E-state index >= 15 is 0 Å². The molecule has 1 aliphatic rings. The highest BCUT2D eigenvalue weighted by molar-refractivity contribution is 7.19. The van der Waals surface area contributed by atoms with Crippen LogP contribution in [-0.4, -0.2) is 5.16 Å². The van der Waals surface area contributed by atoms with Crippen LogP contribution in [0.25, 0.3) is 10.3 Å². The van der Waals surface area contributed by atoms with E-state index in [-0.39, 0.29) is 0 Å². The number of rotatable bonds is 2. The van der Waals surface area contributed by atoms with E-state index in [0.717, 1.165) is 23.4 Å². The third-order valence-corrected chi connectivity index (χ3v) is 4.08. The first-order valence-electron chi connectivity index (χ1n) is 4.97. The summed E-state index contributed by atoms with van der Waals surface area (Å²) in [6.07, 6.45) is 3.48. The molecule has 0 amide bonds. The topological polar surface area (TPSA) is 52.0 Å². The molecule has 0 radical (unpaired) electrons. The molecule has 1 aliphatic carbocycles. The lowest BCUT2D eigenvalue weighted by Gasteiger charge is -1.90. The minimum absolute atomic E-state index is 0.638. The molecule has 2 aromatic heterocycles. The molecular weight excluding hydrogens is 196 g/mol. The number of anilines is 1. The fourth-order valence-corrected chi connectivity index (χ4v) is 2.89. The molecule has 0 spiro atoms. The summed E-state index contributed by atoms with van der Waals surface area (Å²) in [6, 6.07) is 0.